The number of rotatable bonds is 8. The zero-order valence-electron chi connectivity index (χ0n) is 15.6. The fourth-order valence-corrected chi connectivity index (χ4v) is 4.83. The van der Waals surface area contributed by atoms with Crippen LogP contribution in [0.4, 0.5) is 5.00 Å². The topological polar surface area (TPSA) is 50.4 Å². The van der Waals surface area contributed by atoms with Crippen molar-refractivity contribution in [3.8, 4) is 0 Å². The Bertz CT molecular complexity index is 598. The van der Waals surface area contributed by atoms with Crippen LogP contribution in [0.15, 0.2) is 0 Å². The van der Waals surface area contributed by atoms with Gasteiger partial charge in [-0.3, -0.25) is 0 Å². The van der Waals surface area contributed by atoms with Gasteiger partial charge in [-0.2, -0.15) is 0 Å². The number of thiocarbonyl (C=S) groups is 1. The molecule has 0 fully saturated rings. The highest BCUT2D eigenvalue weighted by molar-refractivity contribution is 7.80. The van der Waals surface area contributed by atoms with E-state index in [1.807, 2.05) is 0 Å². The zero-order chi connectivity index (χ0) is 18.2. The van der Waals surface area contributed by atoms with Crippen molar-refractivity contribution in [1.82, 2.24) is 5.32 Å². The minimum atomic E-state index is -0.265. The molecule has 1 unspecified atom stereocenters. The zero-order valence-corrected chi connectivity index (χ0v) is 17.2. The maximum atomic E-state index is 12.3. The van der Waals surface area contributed by atoms with Gasteiger partial charge in [-0.15, -0.1) is 11.3 Å². The standard InChI is InChI=1S/C19H30N2O2S2/c1-4-6-9-13(5-2)12-20-19(24)21-17-16(18(22)23-3)14-10-7-8-11-15(14)25-17/h13H,4-12H2,1-3H3,(H2,20,21,24). The van der Waals surface area contributed by atoms with Crippen LogP contribution in [0.3, 0.4) is 0 Å². The molecule has 0 saturated carbocycles. The first-order valence-electron chi connectivity index (χ1n) is 9.38. The fraction of sp³-hybridized carbons (Fsp3) is 0.684. The summed E-state index contributed by atoms with van der Waals surface area (Å²) in [6.07, 6.45) is 9.16. The Morgan fingerprint density at radius 2 is 2.08 bits per heavy atom. The molecule has 140 valence electrons. The van der Waals surface area contributed by atoms with E-state index in [-0.39, 0.29) is 5.97 Å². The molecular formula is C19H30N2O2S2. The van der Waals surface area contributed by atoms with Crippen molar-refractivity contribution in [3.05, 3.63) is 16.0 Å². The molecule has 0 spiro atoms. The number of hydrogen-bond donors (Lipinski definition) is 2. The summed E-state index contributed by atoms with van der Waals surface area (Å²) in [6.45, 7) is 5.32. The van der Waals surface area contributed by atoms with E-state index < -0.39 is 0 Å². The van der Waals surface area contributed by atoms with E-state index in [0.29, 0.717) is 16.6 Å². The summed E-state index contributed by atoms with van der Waals surface area (Å²) in [7, 11) is 1.44. The van der Waals surface area contributed by atoms with Crippen molar-refractivity contribution in [2.45, 2.75) is 65.2 Å². The lowest BCUT2D eigenvalue weighted by Gasteiger charge is -2.17. The summed E-state index contributed by atoms with van der Waals surface area (Å²) in [5.41, 5.74) is 1.84. The summed E-state index contributed by atoms with van der Waals surface area (Å²) < 4.78 is 5.01. The van der Waals surface area contributed by atoms with Gasteiger partial charge in [-0.25, -0.2) is 4.79 Å². The first kappa shape index (κ1) is 20.2. The van der Waals surface area contributed by atoms with Crippen molar-refractivity contribution >= 4 is 39.6 Å². The molecule has 2 N–H and O–H groups in total. The summed E-state index contributed by atoms with van der Waals surface area (Å²) >= 11 is 7.12. The van der Waals surface area contributed by atoms with Crippen LogP contribution in [-0.2, 0) is 17.6 Å². The number of hydrogen-bond acceptors (Lipinski definition) is 4. The number of carbonyl (C=O) groups excluding carboxylic acids is 1. The van der Waals surface area contributed by atoms with E-state index in [1.54, 1.807) is 11.3 Å². The van der Waals surface area contributed by atoms with Gasteiger partial charge >= 0.3 is 5.97 Å². The second-order valence-electron chi connectivity index (χ2n) is 6.66. The van der Waals surface area contributed by atoms with Crippen LogP contribution in [-0.4, -0.2) is 24.7 Å². The van der Waals surface area contributed by atoms with Crippen LogP contribution < -0.4 is 10.6 Å². The molecule has 2 rings (SSSR count). The Labute approximate surface area is 160 Å². The van der Waals surface area contributed by atoms with Crippen molar-refractivity contribution in [2.24, 2.45) is 5.92 Å². The minimum absolute atomic E-state index is 0.265. The Morgan fingerprint density at radius 3 is 2.76 bits per heavy atom. The number of fused-ring (bicyclic) bond motifs is 1. The summed E-state index contributed by atoms with van der Waals surface area (Å²) in [4.78, 5) is 13.6. The molecule has 1 heterocycles. The molecule has 6 heteroatoms. The van der Waals surface area contributed by atoms with Gasteiger partial charge in [0.2, 0.25) is 0 Å². The monoisotopic (exact) mass is 382 g/mol. The van der Waals surface area contributed by atoms with Crippen LogP contribution >= 0.6 is 23.6 Å². The SMILES string of the molecule is CCCCC(CC)CNC(=S)Nc1sc2c(c1C(=O)OC)CCCC2. The van der Waals surface area contributed by atoms with E-state index in [1.165, 1.54) is 37.7 Å². The van der Waals surface area contributed by atoms with Crippen molar-refractivity contribution in [3.63, 3.8) is 0 Å². The Morgan fingerprint density at radius 1 is 1.32 bits per heavy atom. The van der Waals surface area contributed by atoms with Crippen molar-refractivity contribution < 1.29 is 9.53 Å². The predicted octanol–water partition coefficient (Wildman–Crippen LogP) is 4.92. The molecule has 0 aromatic carbocycles. The quantitative estimate of drug-likeness (QED) is 0.494. The fourth-order valence-electron chi connectivity index (χ4n) is 3.30. The molecule has 0 saturated heterocycles. The van der Waals surface area contributed by atoms with Crippen LogP contribution in [0.5, 0.6) is 0 Å². The molecule has 0 aliphatic heterocycles. The van der Waals surface area contributed by atoms with Crippen molar-refractivity contribution in [1.29, 1.82) is 0 Å². The molecule has 0 bridgehead atoms. The third kappa shape index (κ3) is 5.42. The second kappa shape index (κ2) is 10.1. The molecule has 1 atom stereocenters. The Balaban J connectivity index is 2.02. The normalized spacial score (nSPS) is 14.5. The maximum Gasteiger partial charge on any atom is 0.341 e. The molecule has 1 aromatic heterocycles. The lowest BCUT2D eigenvalue weighted by Crippen LogP contribution is -2.33. The van der Waals surface area contributed by atoms with Crippen LogP contribution in [0, 0.1) is 5.92 Å². The molecule has 25 heavy (non-hydrogen) atoms. The van der Waals surface area contributed by atoms with Gasteiger partial charge in [0, 0.05) is 11.4 Å². The highest BCUT2D eigenvalue weighted by Gasteiger charge is 2.26. The molecule has 1 aromatic rings. The van der Waals surface area contributed by atoms with Crippen LogP contribution in [0.2, 0.25) is 0 Å². The molecule has 0 radical (unpaired) electrons. The summed E-state index contributed by atoms with van der Waals surface area (Å²) in [6, 6.07) is 0. The molecule has 1 aliphatic rings. The average Bonchev–Trinajstić information content (AvgIpc) is 2.99. The van der Waals surface area contributed by atoms with Crippen LogP contribution in [0.1, 0.15) is 73.2 Å². The number of anilines is 1. The van der Waals surface area contributed by atoms with Gasteiger partial charge in [0.05, 0.1) is 12.7 Å². The third-order valence-electron chi connectivity index (χ3n) is 4.88. The number of thiophene rings is 1. The molecule has 1 aliphatic carbocycles. The second-order valence-corrected chi connectivity index (χ2v) is 8.17. The van der Waals surface area contributed by atoms with Gasteiger partial charge in [-0.1, -0.05) is 33.1 Å². The highest BCUT2D eigenvalue weighted by atomic mass is 32.1. The first-order valence-corrected chi connectivity index (χ1v) is 10.6. The van der Waals surface area contributed by atoms with Gasteiger partial charge in [-0.05, 0) is 55.8 Å². The predicted molar refractivity (Wildman–Crippen MR) is 110 cm³/mol. The van der Waals surface area contributed by atoms with E-state index in [2.05, 4.69) is 24.5 Å². The number of aryl methyl sites for hydroxylation is 1. The lowest BCUT2D eigenvalue weighted by atomic mass is 9.95. The number of ether oxygens (including phenoxy) is 1. The average molecular weight is 383 g/mol. The number of carbonyl (C=O) groups is 1. The van der Waals surface area contributed by atoms with E-state index in [0.717, 1.165) is 42.8 Å². The first-order chi connectivity index (χ1) is 12.1. The maximum absolute atomic E-state index is 12.3. The van der Waals surface area contributed by atoms with Crippen LogP contribution in [0.25, 0.3) is 0 Å². The number of methoxy groups -OCH3 is 1. The summed E-state index contributed by atoms with van der Waals surface area (Å²) in [5, 5.41) is 8.01. The molecule has 0 amide bonds. The lowest BCUT2D eigenvalue weighted by molar-refractivity contribution is 0.0601. The van der Waals surface area contributed by atoms with E-state index >= 15 is 0 Å². The number of unbranched alkanes of at least 4 members (excludes halogenated alkanes) is 1. The molecular weight excluding hydrogens is 352 g/mol. The van der Waals surface area contributed by atoms with Gasteiger partial charge in [0.25, 0.3) is 0 Å². The third-order valence-corrected chi connectivity index (χ3v) is 6.34. The van der Waals surface area contributed by atoms with E-state index in [4.69, 9.17) is 17.0 Å². The summed E-state index contributed by atoms with van der Waals surface area (Å²) in [5.74, 6) is 0.371. The number of nitrogens with one attached hydrogen (secondary N) is 2. The van der Waals surface area contributed by atoms with Gasteiger partial charge in [0.15, 0.2) is 5.11 Å². The molecule has 4 nitrogen and oxygen atoms in total. The van der Waals surface area contributed by atoms with Gasteiger partial charge in [0.1, 0.15) is 5.00 Å². The minimum Gasteiger partial charge on any atom is -0.465 e. The smallest absolute Gasteiger partial charge is 0.341 e. The van der Waals surface area contributed by atoms with Crippen molar-refractivity contribution in [2.75, 3.05) is 19.0 Å². The Kier molecular flexibility index (Phi) is 8.16. The largest absolute Gasteiger partial charge is 0.465 e. The number of esters is 1. The highest BCUT2D eigenvalue weighted by Crippen LogP contribution is 2.38. The van der Waals surface area contributed by atoms with E-state index in [9.17, 15) is 4.79 Å². The van der Waals surface area contributed by atoms with Gasteiger partial charge < -0.3 is 15.4 Å². The Hall–Kier alpha value is -1.14.